The third-order valence-electron chi connectivity index (χ3n) is 5.24. The first-order chi connectivity index (χ1) is 13.5. The van der Waals surface area contributed by atoms with Crippen LogP contribution >= 0.6 is 0 Å². The normalized spacial score (nSPS) is 18.1. The van der Waals surface area contributed by atoms with Gasteiger partial charge in [-0.05, 0) is 36.8 Å². The summed E-state index contributed by atoms with van der Waals surface area (Å²) in [5.74, 6) is -0.326. The van der Waals surface area contributed by atoms with Crippen molar-refractivity contribution in [3.05, 3.63) is 59.2 Å². The smallest absolute Gasteiger partial charge is 0.261 e. The summed E-state index contributed by atoms with van der Waals surface area (Å²) in [6, 6.07) is 11.9. The van der Waals surface area contributed by atoms with E-state index in [4.69, 9.17) is 4.74 Å². The molecule has 0 fully saturated rings. The number of nitrogens with zero attached hydrogens (tertiary/aromatic N) is 2. The van der Waals surface area contributed by atoms with Gasteiger partial charge in [-0.3, -0.25) is 19.3 Å². The zero-order valence-corrected chi connectivity index (χ0v) is 15.4. The van der Waals surface area contributed by atoms with E-state index >= 15 is 0 Å². The number of aliphatic hydroxyl groups is 1. The highest BCUT2D eigenvalue weighted by Crippen LogP contribution is 2.36. The molecule has 28 heavy (non-hydrogen) atoms. The van der Waals surface area contributed by atoms with Gasteiger partial charge >= 0.3 is 0 Å². The van der Waals surface area contributed by atoms with Crippen LogP contribution in [0.25, 0.3) is 0 Å². The van der Waals surface area contributed by atoms with E-state index < -0.39 is 6.10 Å². The number of benzene rings is 2. The first-order valence-corrected chi connectivity index (χ1v) is 9.13. The van der Waals surface area contributed by atoms with Crippen molar-refractivity contribution in [2.45, 2.75) is 18.9 Å². The van der Waals surface area contributed by atoms with E-state index in [0.717, 1.165) is 4.90 Å². The first-order valence-electron chi connectivity index (χ1n) is 9.13. The zero-order valence-electron chi connectivity index (χ0n) is 15.4. The van der Waals surface area contributed by atoms with Crippen molar-refractivity contribution in [3.8, 4) is 5.75 Å². The SMILES string of the molecule is COc1ccc2c(c1)C(O)CCN2C(=O)CCN1C(=O)c2ccccc2C1=O. The number of carbonyl (C=O) groups excluding carboxylic acids is 3. The van der Waals surface area contributed by atoms with E-state index in [9.17, 15) is 19.5 Å². The van der Waals surface area contributed by atoms with E-state index in [-0.39, 0.29) is 30.7 Å². The van der Waals surface area contributed by atoms with Gasteiger partial charge in [0.1, 0.15) is 5.75 Å². The summed E-state index contributed by atoms with van der Waals surface area (Å²) in [4.78, 5) is 40.4. The fraction of sp³-hybridized carbons (Fsp3) is 0.286. The number of hydrogen-bond acceptors (Lipinski definition) is 5. The van der Waals surface area contributed by atoms with Gasteiger partial charge in [0.15, 0.2) is 0 Å². The van der Waals surface area contributed by atoms with E-state index in [1.165, 1.54) is 0 Å². The van der Waals surface area contributed by atoms with Gasteiger partial charge in [0, 0.05) is 30.8 Å². The molecule has 0 saturated heterocycles. The van der Waals surface area contributed by atoms with Crippen LogP contribution in [0.3, 0.4) is 0 Å². The second kappa shape index (κ2) is 7.09. The minimum Gasteiger partial charge on any atom is -0.497 e. The largest absolute Gasteiger partial charge is 0.497 e. The highest BCUT2D eigenvalue weighted by molar-refractivity contribution is 6.21. The minimum atomic E-state index is -0.662. The van der Waals surface area contributed by atoms with Crippen molar-refractivity contribution in [1.82, 2.24) is 4.90 Å². The second-order valence-electron chi connectivity index (χ2n) is 6.83. The van der Waals surface area contributed by atoms with E-state index in [1.807, 2.05) is 0 Å². The van der Waals surface area contributed by atoms with Gasteiger partial charge in [-0.2, -0.15) is 0 Å². The van der Waals surface area contributed by atoms with Gasteiger partial charge in [-0.1, -0.05) is 12.1 Å². The van der Waals surface area contributed by atoms with Crippen molar-refractivity contribution < 1.29 is 24.2 Å². The average molecular weight is 380 g/mol. The van der Waals surface area contributed by atoms with Crippen LogP contribution in [-0.2, 0) is 4.79 Å². The van der Waals surface area contributed by atoms with Gasteiger partial charge in [-0.25, -0.2) is 0 Å². The van der Waals surface area contributed by atoms with Gasteiger partial charge in [-0.15, -0.1) is 0 Å². The van der Waals surface area contributed by atoms with Crippen molar-refractivity contribution in [3.63, 3.8) is 0 Å². The van der Waals surface area contributed by atoms with E-state index in [0.29, 0.717) is 41.1 Å². The number of anilines is 1. The summed E-state index contributed by atoms with van der Waals surface area (Å²) >= 11 is 0. The van der Waals surface area contributed by atoms with Crippen LogP contribution in [0, 0.1) is 0 Å². The van der Waals surface area contributed by atoms with Crippen molar-refractivity contribution in [2.75, 3.05) is 25.1 Å². The molecule has 1 atom stereocenters. The molecule has 144 valence electrons. The minimum absolute atomic E-state index is 0.0209. The molecule has 4 rings (SSSR count). The maximum atomic E-state index is 12.8. The predicted octanol–water partition coefficient (Wildman–Crippen LogP) is 2.15. The van der Waals surface area contributed by atoms with Crippen LogP contribution in [0.15, 0.2) is 42.5 Å². The molecule has 2 aliphatic rings. The van der Waals surface area contributed by atoms with Crippen molar-refractivity contribution >= 4 is 23.4 Å². The molecule has 0 aromatic heterocycles. The Morgan fingerprint density at radius 1 is 1.14 bits per heavy atom. The van der Waals surface area contributed by atoms with Crippen LogP contribution < -0.4 is 9.64 Å². The number of imide groups is 1. The van der Waals surface area contributed by atoms with Crippen LogP contribution in [0.1, 0.15) is 45.2 Å². The molecular weight excluding hydrogens is 360 g/mol. The summed E-state index contributed by atoms with van der Waals surface area (Å²) in [5, 5.41) is 10.3. The molecule has 0 radical (unpaired) electrons. The molecule has 2 aromatic rings. The Labute approximate surface area is 162 Å². The molecule has 2 aliphatic heterocycles. The van der Waals surface area contributed by atoms with Gasteiger partial charge in [0.2, 0.25) is 5.91 Å². The number of fused-ring (bicyclic) bond motifs is 2. The van der Waals surface area contributed by atoms with Crippen molar-refractivity contribution in [1.29, 1.82) is 0 Å². The number of aliphatic hydroxyl groups excluding tert-OH is 1. The second-order valence-corrected chi connectivity index (χ2v) is 6.83. The number of amides is 3. The number of hydrogen-bond donors (Lipinski definition) is 1. The molecule has 0 bridgehead atoms. The van der Waals surface area contributed by atoms with Crippen LogP contribution in [0.4, 0.5) is 5.69 Å². The quantitative estimate of drug-likeness (QED) is 0.822. The summed E-state index contributed by atoms with van der Waals surface area (Å²) in [6.07, 6.45) is -0.225. The summed E-state index contributed by atoms with van der Waals surface area (Å²) in [5.41, 5.74) is 2.02. The molecule has 0 saturated carbocycles. The lowest BCUT2D eigenvalue weighted by atomic mass is 9.98. The maximum absolute atomic E-state index is 12.8. The van der Waals surface area contributed by atoms with Gasteiger partial charge in [0.05, 0.1) is 24.3 Å². The molecule has 0 aliphatic carbocycles. The highest BCUT2D eigenvalue weighted by Gasteiger charge is 2.36. The first kappa shape index (κ1) is 18.2. The number of ether oxygens (including phenoxy) is 1. The Balaban J connectivity index is 1.49. The van der Waals surface area contributed by atoms with Gasteiger partial charge < -0.3 is 14.7 Å². The summed E-state index contributed by atoms with van der Waals surface area (Å²) in [6.45, 7) is 0.400. The predicted molar refractivity (Wildman–Crippen MR) is 101 cm³/mol. The molecule has 2 aromatic carbocycles. The Kier molecular flexibility index (Phi) is 4.60. The lowest BCUT2D eigenvalue weighted by Crippen LogP contribution is -2.39. The molecule has 1 N–H and O–H groups in total. The number of methoxy groups -OCH3 is 1. The van der Waals surface area contributed by atoms with Gasteiger partial charge in [0.25, 0.3) is 11.8 Å². The van der Waals surface area contributed by atoms with Crippen LogP contribution in [-0.4, -0.2) is 47.9 Å². The van der Waals surface area contributed by atoms with Crippen molar-refractivity contribution in [2.24, 2.45) is 0 Å². The highest BCUT2D eigenvalue weighted by atomic mass is 16.5. The maximum Gasteiger partial charge on any atom is 0.261 e. The zero-order chi connectivity index (χ0) is 19.8. The monoisotopic (exact) mass is 380 g/mol. The lowest BCUT2D eigenvalue weighted by Gasteiger charge is -2.32. The van der Waals surface area contributed by atoms with Crippen LogP contribution in [0.2, 0.25) is 0 Å². The Morgan fingerprint density at radius 3 is 2.46 bits per heavy atom. The number of rotatable bonds is 4. The Hall–Kier alpha value is -3.19. The summed E-state index contributed by atoms with van der Waals surface area (Å²) in [7, 11) is 1.54. The standard InChI is InChI=1S/C21H20N2O5/c1-28-13-6-7-17-16(12-13)18(24)8-10-22(17)19(25)9-11-23-20(26)14-4-2-3-5-15(14)21(23)27/h2-7,12,18,24H,8-11H2,1H3. The van der Waals surface area contributed by atoms with E-state index in [2.05, 4.69) is 0 Å². The average Bonchev–Trinajstić information content (AvgIpc) is 2.96. The topological polar surface area (TPSA) is 87.2 Å². The molecule has 2 heterocycles. The number of carbonyl (C=O) groups is 3. The molecular formula is C21H20N2O5. The molecule has 7 nitrogen and oxygen atoms in total. The lowest BCUT2D eigenvalue weighted by molar-refractivity contribution is -0.118. The molecule has 1 unspecified atom stereocenters. The fourth-order valence-electron chi connectivity index (χ4n) is 3.74. The fourth-order valence-corrected chi connectivity index (χ4v) is 3.74. The van der Waals surface area contributed by atoms with Crippen LogP contribution in [0.5, 0.6) is 5.75 Å². The summed E-state index contributed by atoms with van der Waals surface area (Å²) < 4.78 is 5.20. The van der Waals surface area contributed by atoms with E-state index in [1.54, 1.807) is 54.5 Å². The molecule has 0 spiro atoms. The Bertz CT molecular complexity index is 936. The molecule has 7 heteroatoms. The third kappa shape index (κ3) is 2.93. The Morgan fingerprint density at radius 2 is 1.82 bits per heavy atom. The molecule has 3 amide bonds. The third-order valence-corrected chi connectivity index (χ3v) is 5.24.